The Hall–Kier alpha value is -0.545. The Balaban J connectivity index is 0.00000180. The Labute approximate surface area is 122 Å². The van der Waals surface area contributed by atoms with Crippen LogP contribution in [0.15, 0.2) is 24.3 Å². The van der Waals surface area contributed by atoms with Gasteiger partial charge in [0, 0.05) is 6.04 Å². The Morgan fingerprint density at radius 2 is 1.63 bits per heavy atom. The lowest BCUT2D eigenvalue weighted by atomic mass is 9.78. The summed E-state index contributed by atoms with van der Waals surface area (Å²) in [5, 5.41) is 0. The molecule has 1 aliphatic rings. The van der Waals surface area contributed by atoms with Crippen molar-refractivity contribution in [3.05, 3.63) is 29.8 Å². The molecule has 1 aromatic carbocycles. The van der Waals surface area contributed by atoms with Gasteiger partial charge in [-0.3, -0.25) is 0 Å². The molecule has 2 rings (SSSR count). The van der Waals surface area contributed by atoms with Gasteiger partial charge < -0.3 is 15.0 Å². The minimum Gasteiger partial charge on any atom is -0.399 e. The molecule has 1 unspecified atom stereocenters. The van der Waals surface area contributed by atoms with E-state index >= 15 is 0 Å². The van der Waals surface area contributed by atoms with Gasteiger partial charge in [0.25, 0.3) is 0 Å². The summed E-state index contributed by atoms with van der Waals surface area (Å²) in [6, 6.07) is 8.13. The molecular formula is C14H23BClNO2. The molecular weight excluding hydrogens is 260 g/mol. The first-order chi connectivity index (χ1) is 8.23. The predicted octanol–water partition coefficient (Wildman–Crippen LogP) is 2.43. The molecule has 1 saturated heterocycles. The van der Waals surface area contributed by atoms with Gasteiger partial charge in [0.1, 0.15) is 0 Å². The second-order valence-corrected chi connectivity index (χ2v) is 6.05. The van der Waals surface area contributed by atoms with E-state index in [9.17, 15) is 0 Å². The van der Waals surface area contributed by atoms with E-state index < -0.39 is 0 Å². The quantitative estimate of drug-likeness (QED) is 0.848. The highest BCUT2D eigenvalue weighted by atomic mass is 35.5. The van der Waals surface area contributed by atoms with Crippen LogP contribution in [0.2, 0.25) is 0 Å². The zero-order chi connectivity index (χ0) is 13.6. The van der Waals surface area contributed by atoms with Crippen LogP contribution in [0.25, 0.3) is 0 Å². The van der Waals surface area contributed by atoms with E-state index in [0.29, 0.717) is 0 Å². The lowest BCUT2D eigenvalue weighted by Gasteiger charge is -2.32. The number of halogens is 1. The third-order valence-corrected chi connectivity index (χ3v) is 3.96. The third kappa shape index (κ3) is 3.14. The van der Waals surface area contributed by atoms with Crippen molar-refractivity contribution in [2.45, 2.75) is 51.9 Å². The Morgan fingerprint density at radius 1 is 1.11 bits per heavy atom. The van der Waals surface area contributed by atoms with E-state index in [-0.39, 0.29) is 36.8 Å². The van der Waals surface area contributed by atoms with E-state index in [1.165, 1.54) is 0 Å². The van der Waals surface area contributed by atoms with Gasteiger partial charge in [-0.05, 0) is 45.6 Å². The summed E-state index contributed by atoms with van der Waals surface area (Å²) < 4.78 is 12.0. The molecule has 1 aliphatic heterocycles. The molecule has 0 aromatic heterocycles. The number of benzene rings is 1. The number of rotatable bonds is 2. The van der Waals surface area contributed by atoms with E-state index in [1.54, 1.807) is 0 Å². The van der Waals surface area contributed by atoms with Crippen LogP contribution in [0.4, 0.5) is 0 Å². The van der Waals surface area contributed by atoms with Gasteiger partial charge >= 0.3 is 7.12 Å². The smallest absolute Gasteiger partial charge is 0.399 e. The fourth-order valence-corrected chi connectivity index (χ4v) is 1.97. The maximum absolute atomic E-state index is 6.02. The van der Waals surface area contributed by atoms with Crippen LogP contribution in [-0.4, -0.2) is 18.3 Å². The highest BCUT2D eigenvalue weighted by Crippen LogP contribution is 2.36. The first-order valence-corrected chi connectivity index (χ1v) is 6.44. The molecule has 1 aromatic rings. The van der Waals surface area contributed by atoms with Crippen LogP contribution in [-0.2, 0) is 9.31 Å². The minimum absolute atomic E-state index is 0. The Morgan fingerprint density at radius 3 is 2.11 bits per heavy atom. The average molecular weight is 284 g/mol. The van der Waals surface area contributed by atoms with Crippen LogP contribution in [0, 0.1) is 0 Å². The van der Waals surface area contributed by atoms with Gasteiger partial charge in [0.2, 0.25) is 0 Å². The van der Waals surface area contributed by atoms with Crippen LogP contribution in [0.5, 0.6) is 0 Å². The topological polar surface area (TPSA) is 44.5 Å². The first kappa shape index (κ1) is 16.5. The molecule has 1 atom stereocenters. The summed E-state index contributed by atoms with van der Waals surface area (Å²) in [7, 11) is -0.311. The number of hydrogen-bond acceptors (Lipinski definition) is 3. The maximum atomic E-state index is 6.02. The van der Waals surface area contributed by atoms with Gasteiger partial charge in [-0.15, -0.1) is 12.4 Å². The van der Waals surface area contributed by atoms with Crippen LogP contribution in [0.1, 0.15) is 46.2 Å². The highest BCUT2D eigenvalue weighted by molar-refractivity contribution is 6.62. The number of nitrogens with two attached hydrogens (primary N) is 1. The first-order valence-electron chi connectivity index (χ1n) is 6.44. The summed E-state index contributed by atoms with van der Waals surface area (Å²) in [6.45, 7) is 10.2. The van der Waals surface area contributed by atoms with E-state index in [4.69, 9.17) is 15.0 Å². The monoisotopic (exact) mass is 283 g/mol. The van der Waals surface area contributed by atoms with Crippen molar-refractivity contribution in [2.75, 3.05) is 0 Å². The van der Waals surface area contributed by atoms with Crippen molar-refractivity contribution in [1.82, 2.24) is 0 Å². The predicted molar refractivity (Wildman–Crippen MR) is 82.0 cm³/mol. The molecule has 19 heavy (non-hydrogen) atoms. The molecule has 1 fully saturated rings. The summed E-state index contributed by atoms with van der Waals surface area (Å²) in [5.41, 5.74) is 7.43. The van der Waals surface area contributed by atoms with Gasteiger partial charge in [0.05, 0.1) is 11.2 Å². The van der Waals surface area contributed by atoms with Gasteiger partial charge in [-0.1, -0.05) is 24.3 Å². The van der Waals surface area contributed by atoms with E-state index in [1.807, 2.05) is 25.1 Å². The Bertz CT molecular complexity index is 433. The fraction of sp³-hybridized carbons (Fsp3) is 0.571. The molecule has 5 heteroatoms. The van der Waals surface area contributed by atoms with Crippen molar-refractivity contribution in [3.63, 3.8) is 0 Å². The zero-order valence-electron chi connectivity index (χ0n) is 12.3. The zero-order valence-corrected chi connectivity index (χ0v) is 13.1. The van der Waals surface area contributed by atoms with Gasteiger partial charge in [-0.25, -0.2) is 0 Å². The molecule has 0 spiro atoms. The van der Waals surface area contributed by atoms with E-state index in [2.05, 4.69) is 33.8 Å². The third-order valence-electron chi connectivity index (χ3n) is 3.96. The maximum Gasteiger partial charge on any atom is 0.494 e. The SMILES string of the molecule is CC(N)c1cccc(B2OC(C)(C)C(C)(C)O2)c1.Cl. The normalized spacial score (nSPS) is 21.9. The molecule has 0 aliphatic carbocycles. The molecule has 0 saturated carbocycles. The molecule has 2 N–H and O–H groups in total. The fourth-order valence-electron chi connectivity index (χ4n) is 1.97. The van der Waals surface area contributed by atoms with Crippen molar-refractivity contribution in [1.29, 1.82) is 0 Å². The molecule has 0 radical (unpaired) electrons. The largest absolute Gasteiger partial charge is 0.494 e. The summed E-state index contributed by atoms with van der Waals surface area (Å²) >= 11 is 0. The lowest BCUT2D eigenvalue weighted by Crippen LogP contribution is -2.41. The second-order valence-electron chi connectivity index (χ2n) is 6.05. The second kappa shape index (κ2) is 5.45. The summed E-state index contributed by atoms with van der Waals surface area (Å²) in [5.74, 6) is 0. The molecule has 106 valence electrons. The van der Waals surface area contributed by atoms with Gasteiger partial charge in [-0.2, -0.15) is 0 Å². The van der Waals surface area contributed by atoms with Crippen LogP contribution >= 0.6 is 12.4 Å². The molecule has 1 heterocycles. The highest BCUT2D eigenvalue weighted by Gasteiger charge is 2.51. The molecule has 3 nitrogen and oxygen atoms in total. The summed E-state index contributed by atoms with van der Waals surface area (Å²) in [6.07, 6.45) is 0. The van der Waals surface area contributed by atoms with Crippen molar-refractivity contribution >= 4 is 25.0 Å². The van der Waals surface area contributed by atoms with Crippen molar-refractivity contribution in [2.24, 2.45) is 5.73 Å². The molecule has 0 amide bonds. The van der Waals surface area contributed by atoms with E-state index in [0.717, 1.165) is 11.0 Å². The average Bonchev–Trinajstić information content (AvgIpc) is 2.48. The number of hydrogen-bond donors (Lipinski definition) is 1. The Kier molecular flexibility index (Phi) is 4.73. The standard InChI is InChI=1S/C14H22BNO2.ClH/c1-10(16)11-7-6-8-12(9-11)15-17-13(2,3)14(4,5)18-15;/h6-10H,16H2,1-5H3;1H. The lowest BCUT2D eigenvalue weighted by molar-refractivity contribution is 0.00578. The van der Waals surface area contributed by atoms with Crippen LogP contribution < -0.4 is 11.2 Å². The van der Waals surface area contributed by atoms with Gasteiger partial charge in [0.15, 0.2) is 0 Å². The van der Waals surface area contributed by atoms with Crippen molar-refractivity contribution < 1.29 is 9.31 Å². The van der Waals surface area contributed by atoms with Crippen LogP contribution in [0.3, 0.4) is 0 Å². The minimum atomic E-state index is -0.311. The van der Waals surface area contributed by atoms with Crippen molar-refractivity contribution in [3.8, 4) is 0 Å². The summed E-state index contributed by atoms with van der Waals surface area (Å²) in [4.78, 5) is 0. The molecule has 0 bridgehead atoms.